The van der Waals surface area contributed by atoms with Crippen LogP contribution in [0.4, 0.5) is 5.69 Å². The largest absolute Gasteiger partial charge is 0.362 e. The zero-order valence-corrected chi connectivity index (χ0v) is 16.1. The number of thiocarbonyl (C=S) groups is 1. The van der Waals surface area contributed by atoms with Gasteiger partial charge in [0.15, 0.2) is 5.11 Å². The minimum Gasteiger partial charge on any atom is -0.362 e. The molecule has 0 unspecified atom stereocenters. The first kappa shape index (κ1) is 17.8. The topological polar surface area (TPSA) is 40.2 Å². The average Bonchev–Trinajstić information content (AvgIpc) is 3.03. The Bertz CT molecular complexity index is 824. The third-order valence-electron chi connectivity index (χ3n) is 3.73. The fourth-order valence-corrected chi connectivity index (χ4v) is 3.68. The molecule has 3 aromatic rings. The number of nitrogens with one attached hydrogen (secondary N) is 2. The molecule has 0 fully saturated rings. The van der Waals surface area contributed by atoms with Crippen LogP contribution in [0.5, 0.6) is 0 Å². The third-order valence-corrected chi connectivity index (χ3v) is 5.06. The van der Waals surface area contributed by atoms with Gasteiger partial charge in [0.2, 0.25) is 0 Å². The Hall–Kier alpha value is -2.02. The summed E-state index contributed by atoms with van der Waals surface area (Å²) >= 11 is 7.08. The number of nitrogens with zero attached hydrogens (tertiary/aromatic N) is 2. The van der Waals surface area contributed by atoms with Crippen LogP contribution in [-0.4, -0.2) is 42.2 Å². The van der Waals surface area contributed by atoms with Crippen molar-refractivity contribution in [3.8, 4) is 10.6 Å². The number of benzene rings is 2. The van der Waals surface area contributed by atoms with E-state index in [1.54, 1.807) is 11.3 Å². The monoisotopic (exact) mass is 370 g/mol. The van der Waals surface area contributed by atoms with Crippen molar-refractivity contribution in [1.82, 2.24) is 15.2 Å². The summed E-state index contributed by atoms with van der Waals surface area (Å²) in [5, 5.41) is 8.18. The normalized spacial score (nSPS) is 11.0. The highest BCUT2D eigenvalue weighted by atomic mass is 32.1. The lowest BCUT2D eigenvalue weighted by molar-refractivity contribution is 0.400. The van der Waals surface area contributed by atoms with Gasteiger partial charge in [0.25, 0.3) is 0 Å². The predicted octanol–water partition coefficient (Wildman–Crippen LogP) is 4.20. The molecule has 25 heavy (non-hydrogen) atoms. The van der Waals surface area contributed by atoms with Gasteiger partial charge >= 0.3 is 0 Å². The van der Waals surface area contributed by atoms with Crippen LogP contribution in [0.25, 0.3) is 20.8 Å². The first-order valence-corrected chi connectivity index (χ1v) is 9.50. The fourth-order valence-electron chi connectivity index (χ4n) is 2.50. The molecule has 0 atom stereocenters. The Labute approximate surface area is 157 Å². The zero-order valence-electron chi connectivity index (χ0n) is 14.5. The predicted molar refractivity (Wildman–Crippen MR) is 112 cm³/mol. The molecule has 0 amide bonds. The molecule has 0 bridgehead atoms. The Morgan fingerprint density at radius 3 is 2.80 bits per heavy atom. The Morgan fingerprint density at radius 1 is 1.16 bits per heavy atom. The lowest BCUT2D eigenvalue weighted by Crippen LogP contribution is -2.30. The van der Waals surface area contributed by atoms with Crippen LogP contribution in [0.2, 0.25) is 0 Å². The molecular formula is C19H22N4S2. The summed E-state index contributed by atoms with van der Waals surface area (Å²) in [4.78, 5) is 6.88. The minimum absolute atomic E-state index is 0.653. The molecule has 3 rings (SSSR count). The van der Waals surface area contributed by atoms with Crippen LogP contribution in [0.15, 0.2) is 48.5 Å². The number of fused-ring (bicyclic) bond motifs is 1. The number of thiazole rings is 1. The molecule has 1 aromatic heterocycles. The van der Waals surface area contributed by atoms with Gasteiger partial charge in [0.1, 0.15) is 5.01 Å². The molecule has 1 heterocycles. The van der Waals surface area contributed by atoms with E-state index in [1.807, 2.05) is 30.3 Å². The standard InChI is InChI=1S/C19H22N4S2/c1-23(2)12-6-11-20-19(24)21-15-8-5-7-14(13-15)18-22-16-9-3-4-10-17(16)25-18/h3-5,7-10,13H,6,11-12H2,1-2H3,(H2,20,21,24). The quantitative estimate of drug-likeness (QED) is 0.503. The molecule has 0 radical (unpaired) electrons. The van der Waals surface area contributed by atoms with Gasteiger partial charge in [0, 0.05) is 17.8 Å². The van der Waals surface area contributed by atoms with Crippen LogP contribution in [-0.2, 0) is 0 Å². The molecular weight excluding hydrogens is 348 g/mol. The summed E-state index contributed by atoms with van der Waals surface area (Å²) < 4.78 is 1.20. The van der Waals surface area contributed by atoms with Crippen molar-refractivity contribution in [3.05, 3.63) is 48.5 Å². The van der Waals surface area contributed by atoms with Gasteiger partial charge in [0.05, 0.1) is 10.2 Å². The molecule has 6 heteroatoms. The number of para-hydroxylation sites is 1. The summed E-state index contributed by atoms with van der Waals surface area (Å²) in [5.41, 5.74) is 3.11. The smallest absolute Gasteiger partial charge is 0.170 e. The maximum atomic E-state index is 5.38. The molecule has 0 aliphatic carbocycles. The Morgan fingerprint density at radius 2 is 2.00 bits per heavy atom. The van der Waals surface area contributed by atoms with E-state index >= 15 is 0 Å². The number of hydrogen-bond donors (Lipinski definition) is 2. The number of rotatable bonds is 6. The summed E-state index contributed by atoms with van der Waals surface area (Å²) in [6.07, 6.45) is 1.06. The first-order valence-electron chi connectivity index (χ1n) is 8.27. The van der Waals surface area contributed by atoms with Gasteiger partial charge in [-0.2, -0.15) is 0 Å². The number of aromatic nitrogens is 1. The average molecular weight is 371 g/mol. The van der Waals surface area contributed by atoms with E-state index < -0.39 is 0 Å². The minimum atomic E-state index is 0.653. The van der Waals surface area contributed by atoms with E-state index in [9.17, 15) is 0 Å². The molecule has 2 aromatic carbocycles. The lowest BCUT2D eigenvalue weighted by atomic mass is 10.2. The Balaban J connectivity index is 1.64. The summed E-state index contributed by atoms with van der Waals surface area (Å²) in [5.74, 6) is 0. The third kappa shape index (κ3) is 4.98. The molecule has 0 aliphatic heterocycles. The van der Waals surface area contributed by atoms with Crippen LogP contribution in [0, 0.1) is 0 Å². The fraction of sp³-hybridized carbons (Fsp3) is 0.263. The van der Waals surface area contributed by atoms with Crippen molar-refractivity contribution >= 4 is 44.6 Å². The SMILES string of the molecule is CN(C)CCCNC(=S)Nc1cccc(-c2nc3ccccc3s2)c1. The lowest BCUT2D eigenvalue weighted by Gasteiger charge is -2.13. The van der Waals surface area contributed by atoms with E-state index in [2.05, 4.69) is 47.8 Å². The zero-order chi connectivity index (χ0) is 17.6. The molecule has 0 saturated heterocycles. The van der Waals surface area contributed by atoms with E-state index in [0.717, 1.165) is 41.3 Å². The summed E-state index contributed by atoms with van der Waals surface area (Å²) in [6.45, 7) is 1.91. The van der Waals surface area contributed by atoms with Crippen LogP contribution >= 0.6 is 23.6 Å². The number of hydrogen-bond acceptors (Lipinski definition) is 4. The van der Waals surface area contributed by atoms with Crippen molar-refractivity contribution in [3.63, 3.8) is 0 Å². The molecule has 0 spiro atoms. The molecule has 2 N–H and O–H groups in total. The van der Waals surface area contributed by atoms with Gasteiger partial charge in [-0.1, -0.05) is 24.3 Å². The van der Waals surface area contributed by atoms with Crippen molar-refractivity contribution < 1.29 is 0 Å². The van der Waals surface area contributed by atoms with Gasteiger partial charge in [-0.3, -0.25) is 0 Å². The van der Waals surface area contributed by atoms with E-state index in [4.69, 9.17) is 17.2 Å². The van der Waals surface area contributed by atoms with Crippen LogP contribution in [0.1, 0.15) is 6.42 Å². The van der Waals surface area contributed by atoms with Gasteiger partial charge < -0.3 is 15.5 Å². The molecule has 130 valence electrons. The maximum absolute atomic E-state index is 5.38. The van der Waals surface area contributed by atoms with Gasteiger partial charge in [-0.25, -0.2) is 4.98 Å². The Kier molecular flexibility index (Phi) is 5.96. The van der Waals surface area contributed by atoms with E-state index in [-0.39, 0.29) is 0 Å². The number of anilines is 1. The molecule has 4 nitrogen and oxygen atoms in total. The first-order chi connectivity index (χ1) is 12.1. The van der Waals surface area contributed by atoms with Crippen molar-refractivity contribution in [2.75, 3.05) is 32.5 Å². The highest BCUT2D eigenvalue weighted by molar-refractivity contribution is 7.80. The second-order valence-corrected chi connectivity index (χ2v) is 7.54. The highest BCUT2D eigenvalue weighted by Crippen LogP contribution is 2.31. The molecule has 0 aliphatic rings. The van der Waals surface area contributed by atoms with E-state index in [0.29, 0.717) is 5.11 Å². The van der Waals surface area contributed by atoms with Crippen LogP contribution in [0.3, 0.4) is 0 Å². The molecule has 0 saturated carbocycles. The highest BCUT2D eigenvalue weighted by Gasteiger charge is 2.07. The van der Waals surface area contributed by atoms with Crippen LogP contribution < -0.4 is 10.6 Å². The van der Waals surface area contributed by atoms with Crippen molar-refractivity contribution in [2.24, 2.45) is 0 Å². The van der Waals surface area contributed by atoms with E-state index in [1.165, 1.54) is 4.70 Å². The second kappa shape index (κ2) is 8.38. The summed E-state index contributed by atoms with van der Waals surface area (Å²) in [6, 6.07) is 16.4. The second-order valence-electron chi connectivity index (χ2n) is 6.11. The van der Waals surface area contributed by atoms with Crippen molar-refractivity contribution in [2.45, 2.75) is 6.42 Å². The maximum Gasteiger partial charge on any atom is 0.170 e. The van der Waals surface area contributed by atoms with Gasteiger partial charge in [-0.05, 0) is 63.5 Å². The van der Waals surface area contributed by atoms with Crippen molar-refractivity contribution in [1.29, 1.82) is 0 Å². The summed E-state index contributed by atoms with van der Waals surface area (Å²) in [7, 11) is 4.15. The van der Waals surface area contributed by atoms with Gasteiger partial charge in [-0.15, -0.1) is 11.3 Å².